The smallest absolute Gasteiger partial charge is 0.410 e. The van der Waals surface area contributed by atoms with Gasteiger partial charge in [-0.25, -0.2) is 19.4 Å². The number of hydrogen-bond acceptors (Lipinski definition) is 7. The van der Waals surface area contributed by atoms with Crippen LogP contribution in [0.1, 0.15) is 81.0 Å². The fraction of sp³-hybridized carbons (Fsp3) is 0.583. The highest BCUT2D eigenvalue weighted by atomic mass is 16.6. The first kappa shape index (κ1) is 27.1. The minimum absolute atomic E-state index is 0.204. The third-order valence-electron chi connectivity index (χ3n) is 5.68. The molecule has 0 aliphatic carbocycles. The predicted molar refractivity (Wildman–Crippen MR) is 126 cm³/mol. The number of imide groups is 1. The fourth-order valence-electron chi connectivity index (χ4n) is 3.89. The molecule has 2 atom stereocenters. The van der Waals surface area contributed by atoms with E-state index in [-0.39, 0.29) is 17.7 Å². The maximum Gasteiger partial charge on any atom is 0.410 e. The summed E-state index contributed by atoms with van der Waals surface area (Å²) in [7, 11) is 0. The Kier molecular flexibility index (Phi) is 9.85. The Labute approximate surface area is 200 Å². The molecule has 0 bridgehead atoms. The lowest BCUT2D eigenvalue weighted by Gasteiger charge is -2.45. The van der Waals surface area contributed by atoms with Crippen LogP contribution < -0.4 is 10.6 Å². The standard InChI is InChI=1S/C24H36N4O6/c1-6-9-15-25-22(31)33-17(4)27(8-3)24(5,34-23(32)26-16-10-7-2)28-20(29)18-13-11-12-14-19(18)21(28)30/h11-14,17H,6-10,15-16H2,1-5H3,(H,25,31)(H,26,32). The number of hydrogen-bond donors (Lipinski definition) is 2. The van der Waals surface area contributed by atoms with Crippen LogP contribution in [-0.2, 0) is 9.47 Å². The van der Waals surface area contributed by atoms with Gasteiger partial charge in [-0.05, 0) is 31.9 Å². The molecule has 10 heteroatoms. The third kappa shape index (κ3) is 6.05. The Hall–Kier alpha value is -3.14. The molecule has 1 aliphatic rings. The van der Waals surface area contributed by atoms with Gasteiger partial charge in [0.25, 0.3) is 17.7 Å². The van der Waals surface area contributed by atoms with Crippen LogP contribution in [0.15, 0.2) is 24.3 Å². The van der Waals surface area contributed by atoms with Crippen molar-refractivity contribution in [1.29, 1.82) is 0 Å². The number of carbonyl (C=O) groups excluding carboxylic acids is 4. The Balaban J connectivity index is 2.36. The summed E-state index contributed by atoms with van der Waals surface area (Å²) in [6, 6.07) is 6.42. The van der Waals surface area contributed by atoms with E-state index in [9.17, 15) is 19.2 Å². The maximum atomic E-state index is 13.3. The van der Waals surface area contributed by atoms with Gasteiger partial charge in [-0.1, -0.05) is 45.7 Å². The number of nitrogens with one attached hydrogen (secondary N) is 2. The Morgan fingerprint density at radius 3 is 1.94 bits per heavy atom. The molecule has 0 spiro atoms. The molecule has 1 aliphatic heterocycles. The van der Waals surface area contributed by atoms with Crippen LogP contribution >= 0.6 is 0 Å². The predicted octanol–water partition coefficient (Wildman–Crippen LogP) is 3.68. The van der Waals surface area contributed by atoms with Gasteiger partial charge in [-0.3, -0.25) is 9.59 Å². The molecule has 1 aromatic carbocycles. The molecule has 0 aromatic heterocycles. The van der Waals surface area contributed by atoms with Crippen molar-refractivity contribution in [1.82, 2.24) is 20.4 Å². The number of unbranched alkanes of at least 4 members (excludes halogenated alkanes) is 2. The number of nitrogens with zero attached hydrogens (tertiary/aromatic N) is 2. The van der Waals surface area contributed by atoms with E-state index in [1.165, 1.54) is 11.8 Å². The molecule has 0 saturated heterocycles. The van der Waals surface area contributed by atoms with Crippen molar-refractivity contribution in [2.24, 2.45) is 0 Å². The molecule has 188 valence electrons. The summed E-state index contributed by atoms with van der Waals surface area (Å²) in [6.45, 7) is 9.83. The molecule has 2 N–H and O–H groups in total. The van der Waals surface area contributed by atoms with E-state index >= 15 is 0 Å². The van der Waals surface area contributed by atoms with E-state index in [2.05, 4.69) is 10.6 Å². The van der Waals surface area contributed by atoms with Crippen molar-refractivity contribution in [2.75, 3.05) is 19.6 Å². The van der Waals surface area contributed by atoms with Crippen molar-refractivity contribution in [3.05, 3.63) is 35.4 Å². The lowest BCUT2D eigenvalue weighted by molar-refractivity contribution is -0.209. The number of rotatable bonds is 12. The van der Waals surface area contributed by atoms with Crippen molar-refractivity contribution in [3.8, 4) is 0 Å². The Morgan fingerprint density at radius 1 is 0.971 bits per heavy atom. The monoisotopic (exact) mass is 476 g/mol. The minimum atomic E-state index is -1.86. The third-order valence-corrected chi connectivity index (χ3v) is 5.68. The maximum absolute atomic E-state index is 13.3. The summed E-state index contributed by atoms with van der Waals surface area (Å²) in [4.78, 5) is 53.9. The van der Waals surface area contributed by atoms with Gasteiger partial charge in [-0.15, -0.1) is 0 Å². The van der Waals surface area contributed by atoms with Gasteiger partial charge in [0.2, 0.25) is 0 Å². The van der Waals surface area contributed by atoms with Crippen LogP contribution in [0.2, 0.25) is 0 Å². The van der Waals surface area contributed by atoms with Gasteiger partial charge < -0.3 is 20.1 Å². The Bertz CT molecular complexity index is 857. The molecule has 1 heterocycles. The largest absolute Gasteiger partial charge is 0.430 e. The first-order valence-corrected chi connectivity index (χ1v) is 11.9. The molecule has 0 fully saturated rings. The van der Waals surface area contributed by atoms with Crippen LogP contribution in [0.4, 0.5) is 9.59 Å². The summed E-state index contributed by atoms with van der Waals surface area (Å²) in [5.41, 5.74) is 0.436. The summed E-state index contributed by atoms with van der Waals surface area (Å²) < 4.78 is 11.2. The molecule has 2 unspecified atom stereocenters. The highest BCUT2D eigenvalue weighted by Gasteiger charge is 2.53. The number of fused-ring (bicyclic) bond motifs is 1. The SMILES string of the molecule is CCCCNC(=O)OC(C)N(CC)C(C)(OC(=O)NCCCC)N1C(=O)c2ccccc2C1=O. The topological polar surface area (TPSA) is 117 Å². The average Bonchev–Trinajstić information content (AvgIpc) is 3.05. The quantitative estimate of drug-likeness (QED) is 0.268. The lowest BCUT2D eigenvalue weighted by Crippen LogP contribution is -2.66. The average molecular weight is 477 g/mol. The van der Waals surface area contributed by atoms with E-state index in [0.717, 1.165) is 30.6 Å². The normalized spacial score (nSPS) is 15.5. The van der Waals surface area contributed by atoms with E-state index in [4.69, 9.17) is 9.47 Å². The Morgan fingerprint density at radius 2 is 1.47 bits per heavy atom. The number of alkyl carbamates (subject to hydrolysis) is 2. The number of carbonyl (C=O) groups is 4. The summed E-state index contributed by atoms with van der Waals surface area (Å²) in [5, 5.41) is 5.32. The molecule has 1 aromatic rings. The van der Waals surface area contributed by atoms with Crippen LogP contribution in [-0.4, -0.2) is 65.5 Å². The van der Waals surface area contributed by atoms with Gasteiger partial charge in [0.05, 0.1) is 11.1 Å². The number of amides is 4. The minimum Gasteiger partial charge on any atom is -0.430 e. The van der Waals surface area contributed by atoms with Gasteiger partial charge >= 0.3 is 12.2 Å². The molecule has 34 heavy (non-hydrogen) atoms. The van der Waals surface area contributed by atoms with Gasteiger partial charge in [0.1, 0.15) is 0 Å². The van der Waals surface area contributed by atoms with Gasteiger partial charge in [0, 0.05) is 26.6 Å². The van der Waals surface area contributed by atoms with Crippen LogP contribution in [0.3, 0.4) is 0 Å². The molecule has 10 nitrogen and oxygen atoms in total. The fourth-order valence-corrected chi connectivity index (χ4v) is 3.89. The molecular formula is C24H36N4O6. The lowest BCUT2D eigenvalue weighted by atomic mass is 10.1. The highest BCUT2D eigenvalue weighted by Crippen LogP contribution is 2.34. The zero-order valence-electron chi connectivity index (χ0n) is 20.7. The van der Waals surface area contributed by atoms with Gasteiger partial charge in [0.15, 0.2) is 6.23 Å². The first-order chi connectivity index (χ1) is 16.2. The molecule has 4 amide bonds. The second-order valence-corrected chi connectivity index (χ2v) is 8.17. The van der Waals surface area contributed by atoms with Crippen molar-refractivity contribution < 1.29 is 28.7 Å². The van der Waals surface area contributed by atoms with E-state index in [1.807, 2.05) is 13.8 Å². The zero-order valence-corrected chi connectivity index (χ0v) is 20.7. The number of benzene rings is 1. The zero-order chi connectivity index (χ0) is 25.3. The van der Waals surface area contributed by atoms with Crippen LogP contribution in [0.25, 0.3) is 0 Å². The summed E-state index contributed by atoms with van der Waals surface area (Å²) in [5.74, 6) is -3.05. The van der Waals surface area contributed by atoms with E-state index < -0.39 is 36.1 Å². The molecule has 0 radical (unpaired) electrons. The van der Waals surface area contributed by atoms with Crippen LogP contribution in [0, 0.1) is 0 Å². The van der Waals surface area contributed by atoms with Gasteiger partial charge in [-0.2, -0.15) is 0 Å². The first-order valence-electron chi connectivity index (χ1n) is 11.9. The second-order valence-electron chi connectivity index (χ2n) is 8.17. The number of ether oxygens (including phenoxy) is 2. The highest BCUT2D eigenvalue weighted by molar-refractivity contribution is 6.21. The second kappa shape index (κ2) is 12.4. The van der Waals surface area contributed by atoms with Crippen molar-refractivity contribution in [3.63, 3.8) is 0 Å². The molecular weight excluding hydrogens is 440 g/mol. The summed E-state index contributed by atoms with van der Waals surface area (Å²) >= 11 is 0. The molecule has 2 rings (SSSR count). The summed E-state index contributed by atoms with van der Waals surface area (Å²) in [6.07, 6.45) is 0.972. The van der Waals surface area contributed by atoms with Crippen molar-refractivity contribution >= 4 is 24.0 Å². The van der Waals surface area contributed by atoms with Crippen molar-refractivity contribution in [2.45, 2.75) is 72.4 Å². The molecule has 0 saturated carbocycles. The van der Waals surface area contributed by atoms with E-state index in [1.54, 1.807) is 38.1 Å². The van der Waals surface area contributed by atoms with Crippen LogP contribution in [0.5, 0.6) is 0 Å². The van der Waals surface area contributed by atoms with E-state index in [0.29, 0.717) is 13.1 Å².